The Morgan fingerprint density at radius 3 is 2.42 bits per heavy atom. The summed E-state index contributed by atoms with van der Waals surface area (Å²) in [5.74, 6) is 0.225. The van der Waals surface area contributed by atoms with Crippen LogP contribution in [-0.2, 0) is 20.2 Å². The first kappa shape index (κ1) is 21.3. The lowest BCUT2D eigenvalue weighted by atomic mass is 9.65. The van der Waals surface area contributed by atoms with Gasteiger partial charge >= 0.3 is 0 Å². The van der Waals surface area contributed by atoms with Crippen LogP contribution in [-0.4, -0.2) is 21.4 Å². The predicted octanol–water partition coefficient (Wildman–Crippen LogP) is 4.93. The summed E-state index contributed by atoms with van der Waals surface area (Å²) in [6, 6.07) is 19.6. The molecule has 1 saturated carbocycles. The Labute approximate surface area is 193 Å². The van der Waals surface area contributed by atoms with E-state index < -0.39 is 15.4 Å². The number of hydrogen-bond acceptors (Lipinski definition) is 4. The van der Waals surface area contributed by atoms with E-state index in [2.05, 4.69) is 16.6 Å². The zero-order valence-electron chi connectivity index (χ0n) is 18.2. The van der Waals surface area contributed by atoms with E-state index in [1.54, 1.807) is 30.3 Å². The fourth-order valence-corrected chi connectivity index (χ4v) is 5.89. The Balaban J connectivity index is 1.64. The molecule has 168 valence electrons. The van der Waals surface area contributed by atoms with Gasteiger partial charge in [-0.3, -0.25) is 9.52 Å². The lowest BCUT2D eigenvalue weighted by molar-refractivity contribution is -0.123. The molecule has 33 heavy (non-hydrogen) atoms. The average Bonchev–Trinajstić information content (AvgIpc) is 3.10. The van der Waals surface area contributed by atoms with Gasteiger partial charge in [0, 0.05) is 11.3 Å². The summed E-state index contributed by atoms with van der Waals surface area (Å²) in [6.07, 6.45) is 2.44. The van der Waals surface area contributed by atoms with Gasteiger partial charge in [-0.05, 0) is 53.8 Å². The van der Waals surface area contributed by atoms with Crippen LogP contribution in [0.15, 0.2) is 78.2 Å². The van der Waals surface area contributed by atoms with Crippen molar-refractivity contribution in [2.45, 2.75) is 29.6 Å². The lowest BCUT2D eigenvalue weighted by Crippen LogP contribution is -2.40. The molecule has 1 amide bonds. The van der Waals surface area contributed by atoms with Crippen molar-refractivity contribution in [3.05, 3.63) is 90.0 Å². The molecule has 2 N–H and O–H groups in total. The number of nitrogens with one attached hydrogen (secondary N) is 2. The second kappa shape index (κ2) is 7.78. The van der Waals surface area contributed by atoms with Crippen LogP contribution >= 0.6 is 0 Å². The molecule has 1 aliphatic carbocycles. The number of carbonyl (C=O) groups excluding carboxylic acids is 1. The SMILES string of the molecule is C=C(c1ccccc1)c1cc(NS(=O)(=O)c2ccccc2OC)cc2c1NC(=O)C21CCC1. The molecular weight excluding hydrogens is 436 g/mol. The Bertz CT molecular complexity index is 1380. The number of ether oxygens (including phenoxy) is 1. The van der Waals surface area contributed by atoms with Gasteiger partial charge in [0.15, 0.2) is 0 Å². The van der Waals surface area contributed by atoms with Gasteiger partial charge in [-0.15, -0.1) is 0 Å². The zero-order valence-corrected chi connectivity index (χ0v) is 19.0. The molecule has 0 aromatic heterocycles. The third kappa shape index (κ3) is 3.40. The highest BCUT2D eigenvalue weighted by atomic mass is 32.2. The lowest BCUT2D eigenvalue weighted by Gasteiger charge is -2.36. The molecule has 1 spiro atoms. The van der Waals surface area contributed by atoms with Crippen LogP contribution in [0.3, 0.4) is 0 Å². The highest BCUT2D eigenvalue weighted by Crippen LogP contribution is 2.54. The first-order chi connectivity index (χ1) is 15.9. The minimum Gasteiger partial charge on any atom is -0.495 e. The van der Waals surface area contributed by atoms with E-state index in [4.69, 9.17) is 4.74 Å². The molecule has 0 radical (unpaired) electrons. The fourth-order valence-electron chi connectivity index (χ4n) is 4.68. The number of fused-ring (bicyclic) bond motifs is 2. The molecular formula is C26H24N2O4S. The van der Waals surface area contributed by atoms with Crippen LogP contribution in [0.1, 0.15) is 36.0 Å². The first-order valence-corrected chi connectivity index (χ1v) is 12.2. The summed E-state index contributed by atoms with van der Waals surface area (Å²) in [7, 11) is -2.50. The molecule has 0 bridgehead atoms. The molecule has 1 fully saturated rings. The van der Waals surface area contributed by atoms with Crippen LogP contribution in [0, 0.1) is 0 Å². The summed E-state index contributed by atoms with van der Waals surface area (Å²) in [5, 5.41) is 3.05. The fraction of sp³-hybridized carbons (Fsp3) is 0.192. The van der Waals surface area contributed by atoms with Crippen molar-refractivity contribution < 1.29 is 17.9 Å². The van der Waals surface area contributed by atoms with Gasteiger partial charge in [0.05, 0.1) is 18.2 Å². The van der Waals surface area contributed by atoms with Crippen LogP contribution in [0.25, 0.3) is 5.57 Å². The largest absolute Gasteiger partial charge is 0.495 e. The summed E-state index contributed by atoms with van der Waals surface area (Å²) in [6.45, 7) is 4.26. The van der Waals surface area contributed by atoms with Crippen molar-refractivity contribution in [1.82, 2.24) is 0 Å². The van der Waals surface area contributed by atoms with Crippen molar-refractivity contribution in [2.24, 2.45) is 0 Å². The van der Waals surface area contributed by atoms with E-state index in [1.165, 1.54) is 13.2 Å². The van der Waals surface area contributed by atoms with Gasteiger partial charge in [0.25, 0.3) is 10.0 Å². The number of rotatable bonds is 6. The van der Waals surface area contributed by atoms with Crippen molar-refractivity contribution in [2.75, 3.05) is 17.1 Å². The van der Waals surface area contributed by atoms with Gasteiger partial charge in [-0.25, -0.2) is 8.42 Å². The van der Waals surface area contributed by atoms with Crippen LogP contribution < -0.4 is 14.8 Å². The average molecular weight is 461 g/mol. The molecule has 5 rings (SSSR count). The maximum Gasteiger partial charge on any atom is 0.265 e. The Hall–Kier alpha value is -3.58. The number of para-hydroxylation sites is 1. The standard InChI is InChI=1S/C26H24N2O4S/c1-17(18-9-4-3-5-10-18)20-15-19(16-21-24(20)27-25(29)26(21)13-8-14-26)28-33(30,31)23-12-7-6-11-22(23)32-2/h3-7,9-12,15-16,28H,1,8,13-14H2,2H3,(H,27,29). The molecule has 3 aromatic rings. The minimum absolute atomic E-state index is 0.0319. The third-order valence-electron chi connectivity index (χ3n) is 6.59. The maximum atomic E-state index is 13.2. The molecule has 6 nitrogen and oxygen atoms in total. The topological polar surface area (TPSA) is 84.5 Å². The summed E-state index contributed by atoms with van der Waals surface area (Å²) >= 11 is 0. The first-order valence-electron chi connectivity index (χ1n) is 10.8. The Kier molecular flexibility index (Phi) is 5.01. The molecule has 1 aliphatic heterocycles. The van der Waals surface area contributed by atoms with Crippen LogP contribution in [0.5, 0.6) is 5.75 Å². The number of benzene rings is 3. The van der Waals surface area contributed by atoms with Gasteiger partial charge in [-0.1, -0.05) is 55.5 Å². The van der Waals surface area contributed by atoms with E-state index in [9.17, 15) is 13.2 Å². The molecule has 7 heteroatoms. The second-order valence-electron chi connectivity index (χ2n) is 8.44. The highest BCUT2D eigenvalue weighted by Gasteiger charge is 2.52. The molecule has 0 saturated heterocycles. The van der Waals surface area contributed by atoms with Crippen molar-refractivity contribution in [1.29, 1.82) is 0 Å². The smallest absolute Gasteiger partial charge is 0.265 e. The summed E-state index contributed by atoms with van der Waals surface area (Å²) < 4.78 is 34.4. The predicted molar refractivity (Wildman–Crippen MR) is 129 cm³/mol. The van der Waals surface area contributed by atoms with E-state index in [0.29, 0.717) is 22.5 Å². The van der Waals surface area contributed by atoms with Gasteiger partial charge in [0.1, 0.15) is 10.6 Å². The zero-order chi connectivity index (χ0) is 23.2. The van der Waals surface area contributed by atoms with Gasteiger partial charge in [-0.2, -0.15) is 0 Å². The number of carbonyl (C=O) groups is 1. The number of hydrogen-bond donors (Lipinski definition) is 2. The van der Waals surface area contributed by atoms with E-state index >= 15 is 0 Å². The van der Waals surface area contributed by atoms with Crippen LogP contribution in [0.2, 0.25) is 0 Å². The van der Waals surface area contributed by atoms with Gasteiger partial charge < -0.3 is 10.1 Å². The van der Waals surface area contributed by atoms with Crippen molar-refractivity contribution in [3.63, 3.8) is 0 Å². The summed E-state index contributed by atoms with van der Waals surface area (Å²) in [5.41, 5.74) is 3.63. The Morgan fingerprint density at radius 1 is 1.06 bits per heavy atom. The third-order valence-corrected chi connectivity index (χ3v) is 8.01. The quantitative estimate of drug-likeness (QED) is 0.546. The van der Waals surface area contributed by atoms with E-state index in [1.807, 2.05) is 30.3 Å². The number of amides is 1. The maximum absolute atomic E-state index is 13.2. The molecule has 0 atom stereocenters. The van der Waals surface area contributed by atoms with Crippen LogP contribution in [0.4, 0.5) is 11.4 Å². The normalized spacial score (nSPS) is 16.0. The molecule has 2 aliphatic rings. The van der Waals surface area contributed by atoms with Crippen molar-refractivity contribution in [3.8, 4) is 5.75 Å². The second-order valence-corrected chi connectivity index (χ2v) is 10.1. The number of sulfonamides is 1. The highest BCUT2D eigenvalue weighted by molar-refractivity contribution is 7.92. The van der Waals surface area contributed by atoms with E-state index in [-0.39, 0.29) is 16.6 Å². The minimum atomic E-state index is -3.93. The monoisotopic (exact) mass is 460 g/mol. The van der Waals surface area contributed by atoms with E-state index in [0.717, 1.165) is 30.4 Å². The summed E-state index contributed by atoms with van der Waals surface area (Å²) in [4.78, 5) is 13.0. The number of methoxy groups -OCH3 is 1. The molecule has 3 aromatic carbocycles. The van der Waals surface area contributed by atoms with Crippen molar-refractivity contribution >= 4 is 32.9 Å². The molecule has 0 unspecified atom stereocenters. The number of anilines is 2. The van der Waals surface area contributed by atoms with Gasteiger partial charge in [0.2, 0.25) is 5.91 Å². The molecule has 1 heterocycles. The Morgan fingerprint density at radius 2 is 1.76 bits per heavy atom.